The molecule has 0 unspecified atom stereocenters. The molecule has 0 bridgehead atoms. The number of aromatic nitrogens is 1. The fourth-order valence-corrected chi connectivity index (χ4v) is 3.25. The SMILES string of the molecule is CC(=O)C[C@@H]1CCC[C@H](C(=O)Nc2cc(Br)c(Cl)cn2)C1. The molecule has 0 spiro atoms. The molecule has 1 aliphatic carbocycles. The van der Waals surface area contributed by atoms with Crippen LogP contribution < -0.4 is 5.32 Å². The zero-order valence-electron chi connectivity index (χ0n) is 11.9. The molecule has 2 rings (SSSR count). The van der Waals surface area contributed by atoms with Crippen LogP contribution in [0.5, 0.6) is 0 Å². The van der Waals surface area contributed by atoms with Crippen molar-refractivity contribution in [3.63, 3.8) is 0 Å². The highest BCUT2D eigenvalue weighted by Crippen LogP contribution is 2.32. The molecule has 0 aliphatic heterocycles. The van der Waals surface area contributed by atoms with Crippen LogP contribution in [0, 0.1) is 11.8 Å². The van der Waals surface area contributed by atoms with Gasteiger partial charge in [0.25, 0.3) is 0 Å². The second-order valence-electron chi connectivity index (χ2n) is 5.61. The highest BCUT2D eigenvalue weighted by atomic mass is 79.9. The standard InChI is InChI=1S/C15H18BrClN2O2/c1-9(20)5-10-3-2-4-11(6-10)15(21)19-14-7-12(16)13(17)8-18-14/h7-8,10-11H,2-6H2,1H3,(H,18,19,21)/t10-,11-/m0/s1. The minimum Gasteiger partial charge on any atom is -0.310 e. The van der Waals surface area contributed by atoms with E-state index in [1.807, 2.05) is 0 Å². The summed E-state index contributed by atoms with van der Waals surface area (Å²) >= 11 is 9.19. The van der Waals surface area contributed by atoms with Crippen LogP contribution >= 0.6 is 27.5 Å². The second kappa shape index (κ2) is 7.36. The average Bonchev–Trinajstić information content (AvgIpc) is 2.42. The Morgan fingerprint density at radius 2 is 2.24 bits per heavy atom. The summed E-state index contributed by atoms with van der Waals surface area (Å²) in [5.41, 5.74) is 0. The van der Waals surface area contributed by atoms with E-state index in [0.717, 1.165) is 25.7 Å². The Hall–Kier alpha value is -0.940. The summed E-state index contributed by atoms with van der Waals surface area (Å²) in [6.07, 6.45) is 5.76. The zero-order chi connectivity index (χ0) is 15.4. The molecule has 0 radical (unpaired) electrons. The third kappa shape index (κ3) is 4.78. The van der Waals surface area contributed by atoms with Gasteiger partial charge in [-0.3, -0.25) is 4.79 Å². The van der Waals surface area contributed by atoms with Gasteiger partial charge in [0.2, 0.25) is 5.91 Å². The number of rotatable bonds is 4. The quantitative estimate of drug-likeness (QED) is 0.859. The van der Waals surface area contributed by atoms with Gasteiger partial charge >= 0.3 is 0 Å². The number of anilines is 1. The highest BCUT2D eigenvalue weighted by molar-refractivity contribution is 9.10. The molecular weight excluding hydrogens is 356 g/mol. The molecule has 1 amide bonds. The topological polar surface area (TPSA) is 59.1 Å². The lowest BCUT2D eigenvalue weighted by molar-refractivity contribution is -0.123. The number of nitrogens with zero attached hydrogens (tertiary/aromatic N) is 1. The van der Waals surface area contributed by atoms with Crippen LogP contribution in [-0.2, 0) is 9.59 Å². The molecule has 1 aromatic rings. The largest absolute Gasteiger partial charge is 0.310 e. The summed E-state index contributed by atoms with van der Waals surface area (Å²) in [5, 5.41) is 3.34. The summed E-state index contributed by atoms with van der Waals surface area (Å²) in [5.74, 6) is 0.954. The molecule has 0 saturated heterocycles. The molecule has 4 nitrogen and oxygen atoms in total. The zero-order valence-corrected chi connectivity index (χ0v) is 14.2. The number of ketones is 1. The van der Waals surface area contributed by atoms with Gasteiger partial charge in [0.05, 0.1) is 5.02 Å². The van der Waals surface area contributed by atoms with Gasteiger partial charge in [-0.2, -0.15) is 0 Å². The predicted molar refractivity (Wildman–Crippen MR) is 86.3 cm³/mol. The maximum atomic E-state index is 12.3. The van der Waals surface area contributed by atoms with E-state index in [1.165, 1.54) is 6.20 Å². The molecule has 6 heteroatoms. The summed E-state index contributed by atoms with van der Waals surface area (Å²) in [7, 11) is 0. The monoisotopic (exact) mass is 372 g/mol. The van der Waals surface area contributed by atoms with Crippen LogP contribution in [0.25, 0.3) is 0 Å². The van der Waals surface area contributed by atoms with Crippen LogP contribution in [0.15, 0.2) is 16.7 Å². The van der Waals surface area contributed by atoms with E-state index in [1.54, 1.807) is 13.0 Å². The van der Waals surface area contributed by atoms with Crippen molar-refractivity contribution >= 4 is 45.0 Å². The van der Waals surface area contributed by atoms with Crippen LogP contribution in [0.2, 0.25) is 5.02 Å². The first kappa shape index (κ1) is 16.4. The number of carbonyl (C=O) groups is 2. The lowest BCUT2D eigenvalue weighted by atomic mass is 9.79. The van der Waals surface area contributed by atoms with Gasteiger partial charge in [0.15, 0.2) is 0 Å². The third-order valence-electron chi connectivity index (χ3n) is 3.79. The van der Waals surface area contributed by atoms with Crippen LogP contribution in [-0.4, -0.2) is 16.7 Å². The van der Waals surface area contributed by atoms with Crippen molar-refractivity contribution in [3.8, 4) is 0 Å². The Morgan fingerprint density at radius 1 is 1.48 bits per heavy atom. The lowest BCUT2D eigenvalue weighted by Gasteiger charge is -2.27. The van der Waals surface area contributed by atoms with E-state index in [0.29, 0.717) is 27.7 Å². The maximum Gasteiger partial charge on any atom is 0.228 e. The Labute approximate surface area is 137 Å². The summed E-state index contributed by atoms with van der Waals surface area (Å²) in [6, 6.07) is 1.69. The Kier molecular flexibility index (Phi) is 5.76. The van der Waals surface area contributed by atoms with E-state index in [4.69, 9.17) is 11.6 Å². The average molecular weight is 374 g/mol. The molecule has 1 N–H and O–H groups in total. The Bertz CT molecular complexity index is 550. The molecule has 114 valence electrons. The van der Waals surface area contributed by atoms with Crippen LogP contribution in [0.3, 0.4) is 0 Å². The molecule has 21 heavy (non-hydrogen) atoms. The number of hydrogen-bond acceptors (Lipinski definition) is 3. The van der Waals surface area contributed by atoms with Gasteiger partial charge in [-0.05, 0) is 54.1 Å². The minimum absolute atomic E-state index is 0.0232. The summed E-state index contributed by atoms with van der Waals surface area (Å²) < 4.78 is 0.701. The molecule has 1 heterocycles. The molecule has 1 aliphatic rings. The van der Waals surface area contributed by atoms with Crippen molar-refractivity contribution < 1.29 is 9.59 Å². The van der Waals surface area contributed by atoms with Crippen molar-refractivity contribution in [3.05, 3.63) is 21.8 Å². The van der Waals surface area contributed by atoms with Crippen molar-refractivity contribution in [1.29, 1.82) is 0 Å². The van der Waals surface area contributed by atoms with E-state index < -0.39 is 0 Å². The van der Waals surface area contributed by atoms with E-state index in [2.05, 4.69) is 26.2 Å². The van der Waals surface area contributed by atoms with E-state index in [-0.39, 0.29) is 17.6 Å². The van der Waals surface area contributed by atoms with Gasteiger partial charge in [0, 0.05) is 23.0 Å². The van der Waals surface area contributed by atoms with E-state index in [9.17, 15) is 9.59 Å². The van der Waals surface area contributed by atoms with Crippen molar-refractivity contribution in [2.24, 2.45) is 11.8 Å². The third-order valence-corrected chi connectivity index (χ3v) is 4.98. The first-order valence-corrected chi connectivity index (χ1v) is 8.24. The fraction of sp³-hybridized carbons (Fsp3) is 0.533. The fourth-order valence-electron chi connectivity index (χ4n) is 2.83. The Morgan fingerprint density at radius 3 is 2.90 bits per heavy atom. The van der Waals surface area contributed by atoms with E-state index >= 15 is 0 Å². The van der Waals surface area contributed by atoms with Gasteiger partial charge in [0.1, 0.15) is 11.6 Å². The maximum absolute atomic E-state index is 12.3. The molecule has 2 atom stereocenters. The summed E-state index contributed by atoms with van der Waals surface area (Å²) in [6.45, 7) is 1.61. The number of halogens is 2. The Balaban J connectivity index is 1.96. The van der Waals surface area contributed by atoms with Crippen LogP contribution in [0.1, 0.15) is 39.0 Å². The first-order chi connectivity index (χ1) is 9.95. The number of pyridine rings is 1. The van der Waals surface area contributed by atoms with Gasteiger partial charge < -0.3 is 10.1 Å². The van der Waals surface area contributed by atoms with Crippen LogP contribution in [0.4, 0.5) is 5.82 Å². The number of hydrogen-bond donors (Lipinski definition) is 1. The van der Waals surface area contributed by atoms with Crippen molar-refractivity contribution in [2.45, 2.75) is 39.0 Å². The molecule has 0 aromatic carbocycles. The number of nitrogens with one attached hydrogen (secondary N) is 1. The normalized spacial score (nSPS) is 21.9. The van der Waals surface area contributed by atoms with Gasteiger partial charge in [-0.15, -0.1) is 0 Å². The predicted octanol–water partition coefficient (Wildman–Crippen LogP) is 4.22. The molecular formula is C15H18BrClN2O2. The van der Waals surface area contributed by atoms with Gasteiger partial charge in [-0.1, -0.05) is 18.0 Å². The second-order valence-corrected chi connectivity index (χ2v) is 6.87. The highest BCUT2D eigenvalue weighted by Gasteiger charge is 2.28. The number of carbonyl (C=O) groups excluding carboxylic acids is 2. The number of amides is 1. The lowest BCUT2D eigenvalue weighted by Crippen LogP contribution is -2.29. The minimum atomic E-state index is -0.0423. The number of Topliss-reactive ketones (excluding diaryl/α,β-unsaturated/α-hetero) is 1. The molecule has 1 aromatic heterocycles. The molecule has 1 fully saturated rings. The van der Waals surface area contributed by atoms with Crippen molar-refractivity contribution in [2.75, 3.05) is 5.32 Å². The van der Waals surface area contributed by atoms with Crippen molar-refractivity contribution in [1.82, 2.24) is 4.98 Å². The smallest absolute Gasteiger partial charge is 0.228 e. The molecule has 1 saturated carbocycles. The first-order valence-electron chi connectivity index (χ1n) is 7.07. The van der Waals surface area contributed by atoms with Gasteiger partial charge in [-0.25, -0.2) is 4.98 Å². The summed E-state index contributed by atoms with van der Waals surface area (Å²) in [4.78, 5) is 27.6.